The fourth-order valence-electron chi connectivity index (χ4n) is 2.37. The molecule has 2 rings (SSSR count). The molecule has 0 aliphatic carbocycles. The molecule has 7 heteroatoms. The number of hydrogen-bond acceptors (Lipinski definition) is 4. The van der Waals surface area contributed by atoms with Gasteiger partial charge >= 0.3 is 12.0 Å². The van der Waals surface area contributed by atoms with Crippen molar-refractivity contribution < 1.29 is 19.1 Å². The van der Waals surface area contributed by atoms with Crippen molar-refractivity contribution >= 4 is 23.6 Å². The Labute approximate surface area is 164 Å². The Morgan fingerprint density at radius 3 is 2.07 bits per heavy atom. The van der Waals surface area contributed by atoms with E-state index in [1.807, 2.05) is 12.1 Å². The summed E-state index contributed by atoms with van der Waals surface area (Å²) in [6, 6.07) is 13.1. The van der Waals surface area contributed by atoms with E-state index in [-0.39, 0.29) is 17.9 Å². The summed E-state index contributed by atoms with van der Waals surface area (Å²) in [4.78, 5) is 36.1. The SMILES string of the molecule is CN(CC(=O)Oc1ccc(NC(=O)c2ccc(C(C)(C)C)cc2)cc1)C(N)=O. The first-order valence-electron chi connectivity index (χ1n) is 8.79. The first-order chi connectivity index (χ1) is 13.1. The fourth-order valence-corrected chi connectivity index (χ4v) is 2.37. The van der Waals surface area contributed by atoms with Crippen LogP contribution in [0.25, 0.3) is 0 Å². The summed E-state index contributed by atoms with van der Waals surface area (Å²) in [6.45, 7) is 6.09. The van der Waals surface area contributed by atoms with Gasteiger partial charge in [-0.15, -0.1) is 0 Å². The van der Waals surface area contributed by atoms with E-state index in [1.165, 1.54) is 7.05 Å². The van der Waals surface area contributed by atoms with Crippen LogP contribution >= 0.6 is 0 Å². The number of hydrogen-bond donors (Lipinski definition) is 2. The Morgan fingerprint density at radius 2 is 1.57 bits per heavy atom. The van der Waals surface area contributed by atoms with Crippen molar-refractivity contribution in [2.45, 2.75) is 26.2 Å². The molecule has 28 heavy (non-hydrogen) atoms. The van der Waals surface area contributed by atoms with Crippen LogP contribution in [0.4, 0.5) is 10.5 Å². The van der Waals surface area contributed by atoms with Gasteiger partial charge in [0.1, 0.15) is 12.3 Å². The third-order valence-electron chi connectivity index (χ3n) is 4.10. The van der Waals surface area contributed by atoms with Crippen LogP contribution in [-0.4, -0.2) is 36.4 Å². The Morgan fingerprint density at radius 1 is 1.00 bits per heavy atom. The van der Waals surface area contributed by atoms with E-state index in [0.717, 1.165) is 10.5 Å². The van der Waals surface area contributed by atoms with Gasteiger partial charge in [0.25, 0.3) is 5.91 Å². The Bertz CT molecular complexity index is 853. The van der Waals surface area contributed by atoms with Crippen molar-refractivity contribution in [2.24, 2.45) is 5.73 Å². The van der Waals surface area contributed by atoms with E-state index >= 15 is 0 Å². The number of benzene rings is 2. The Hall–Kier alpha value is -3.35. The fraction of sp³-hybridized carbons (Fsp3) is 0.286. The van der Waals surface area contributed by atoms with Crippen LogP contribution in [0.3, 0.4) is 0 Å². The number of carbonyl (C=O) groups excluding carboxylic acids is 3. The van der Waals surface area contributed by atoms with Crippen LogP contribution in [0.15, 0.2) is 48.5 Å². The summed E-state index contributed by atoms with van der Waals surface area (Å²) < 4.78 is 5.12. The minimum Gasteiger partial charge on any atom is -0.425 e. The molecule has 7 nitrogen and oxygen atoms in total. The van der Waals surface area contributed by atoms with Crippen LogP contribution in [0, 0.1) is 0 Å². The molecular weight excluding hydrogens is 358 g/mol. The van der Waals surface area contributed by atoms with Gasteiger partial charge in [0.15, 0.2) is 0 Å². The highest BCUT2D eigenvalue weighted by molar-refractivity contribution is 6.04. The highest BCUT2D eigenvalue weighted by Gasteiger charge is 2.15. The minimum atomic E-state index is -0.717. The molecule has 0 radical (unpaired) electrons. The maximum atomic E-state index is 12.4. The van der Waals surface area contributed by atoms with Gasteiger partial charge in [-0.25, -0.2) is 9.59 Å². The lowest BCUT2D eigenvalue weighted by atomic mass is 9.87. The summed E-state index contributed by atoms with van der Waals surface area (Å²) in [5, 5.41) is 2.80. The number of amides is 3. The molecule has 0 aromatic heterocycles. The van der Waals surface area contributed by atoms with Gasteiger partial charge in [0.05, 0.1) is 0 Å². The summed E-state index contributed by atoms with van der Waals surface area (Å²) in [5.74, 6) is -0.541. The first kappa shape index (κ1) is 21.0. The number of nitrogens with two attached hydrogens (primary N) is 1. The van der Waals surface area contributed by atoms with Gasteiger partial charge in [0, 0.05) is 18.3 Å². The molecule has 0 aliphatic rings. The van der Waals surface area contributed by atoms with Crippen molar-refractivity contribution in [3.63, 3.8) is 0 Å². The molecule has 0 saturated carbocycles. The summed E-state index contributed by atoms with van der Waals surface area (Å²) in [6.07, 6.45) is 0. The molecular formula is C21H25N3O4. The number of nitrogens with one attached hydrogen (secondary N) is 1. The molecule has 148 valence electrons. The van der Waals surface area contributed by atoms with Crippen LogP contribution in [0.1, 0.15) is 36.7 Å². The van der Waals surface area contributed by atoms with Gasteiger partial charge in [0.2, 0.25) is 0 Å². The molecule has 0 atom stereocenters. The van der Waals surface area contributed by atoms with Crippen molar-refractivity contribution in [3.05, 3.63) is 59.7 Å². The number of primary amides is 1. The molecule has 0 fully saturated rings. The quantitative estimate of drug-likeness (QED) is 0.612. The van der Waals surface area contributed by atoms with E-state index in [4.69, 9.17) is 10.5 Å². The second-order valence-electron chi connectivity index (χ2n) is 7.47. The first-order valence-corrected chi connectivity index (χ1v) is 8.79. The maximum Gasteiger partial charge on any atom is 0.331 e. The topological polar surface area (TPSA) is 102 Å². The third-order valence-corrected chi connectivity index (χ3v) is 4.10. The molecule has 0 saturated heterocycles. The number of rotatable bonds is 5. The molecule has 3 amide bonds. The van der Waals surface area contributed by atoms with Gasteiger partial charge in [-0.1, -0.05) is 32.9 Å². The Kier molecular flexibility index (Phi) is 6.41. The zero-order valence-corrected chi connectivity index (χ0v) is 16.5. The standard InChI is InChI=1S/C21H25N3O4/c1-21(2,3)15-7-5-14(6-8-15)19(26)23-16-9-11-17(12-10-16)28-18(25)13-24(4)20(22)27/h5-12H,13H2,1-4H3,(H2,22,27)(H,23,26). The van der Waals surface area contributed by atoms with Crippen LogP contribution < -0.4 is 15.8 Å². The number of urea groups is 1. The average molecular weight is 383 g/mol. The smallest absolute Gasteiger partial charge is 0.331 e. The molecule has 0 heterocycles. The van der Waals surface area contributed by atoms with E-state index < -0.39 is 12.0 Å². The second-order valence-corrected chi connectivity index (χ2v) is 7.47. The van der Waals surface area contributed by atoms with E-state index in [9.17, 15) is 14.4 Å². The zero-order chi connectivity index (χ0) is 20.9. The lowest BCUT2D eigenvalue weighted by molar-refractivity contribution is -0.134. The van der Waals surface area contributed by atoms with Gasteiger partial charge in [-0.2, -0.15) is 0 Å². The molecule has 0 bridgehead atoms. The Balaban J connectivity index is 1.95. The molecule has 0 aliphatic heterocycles. The predicted octanol–water partition coefficient (Wildman–Crippen LogP) is 3.15. The second kappa shape index (κ2) is 8.56. The largest absolute Gasteiger partial charge is 0.425 e. The monoisotopic (exact) mass is 383 g/mol. The number of nitrogens with zero attached hydrogens (tertiary/aromatic N) is 1. The highest BCUT2D eigenvalue weighted by atomic mass is 16.5. The molecule has 0 spiro atoms. The van der Waals surface area contributed by atoms with Crippen LogP contribution in [-0.2, 0) is 10.2 Å². The van der Waals surface area contributed by atoms with Crippen molar-refractivity contribution in [1.82, 2.24) is 4.90 Å². The molecule has 0 unspecified atom stereocenters. The van der Waals surface area contributed by atoms with Crippen molar-refractivity contribution in [2.75, 3.05) is 18.9 Å². The molecule has 2 aromatic rings. The number of esters is 1. The van der Waals surface area contributed by atoms with Crippen molar-refractivity contribution in [1.29, 1.82) is 0 Å². The van der Waals surface area contributed by atoms with Crippen LogP contribution in [0.5, 0.6) is 5.75 Å². The maximum absolute atomic E-state index is 12.4. The zero-order valence-electron chi connectivity index (χ0n) is 16.5. The van der Waals surface area contributed by atoms with Gasteiger partial charge in [-0.05, 0) is 47.4 Å². The lowest BCUT2D eigenvalue weighted by Gasteiger charge is -2.19. The summed E-state index contributed by atoms with van der Waals surface area (Å²) in [5.41, 5.74) is 7.35. The normalized spacial score (nSPS) is 10.9. The molecule has 2 aromatic carbocycles. The highest BCUT2D eigenvalue weighted by Crippen LogP contribution is 2.22. The van der Waals surface area contributed by atoms with E-state index in [2.05, 4.69) is 26.1 Å². The number of anilines is 1. The lowest BCUT2D eigenvalue weighted by Crippen LogP contribution is -2.37. The van der Waals surface area contributed by atoms with Crippen LogP contribution in [0.2, 0.25) is 0 Å². The average Bonchev–Trinajstić information content (AvgIpc) is 2.62. The number of carbonyl (C=O) groups is 3. The van der Waals surface area contributed by atoms with Gasteiger partial charge in [-0.3, -0.25) is 4.79 Å². The van der Waals surface area contributed by atoms with Crippen molar-refractivity contribution in [3.8, 4) is 5.75 Å². The minimum absolute atomic E-state index is 0.0223. The third kappa shape index (κ3) is 5.84. The molecule has 3 N–H and O–H groups in total. The van der Waals surface area contributed by atoms with E-state index in [1.54, 1.807) is 36.4 Å². The van der Waals surface area contributed by atoms with Gasteiger partial charge < -0.3 is 20.7 Å². The predicted molar refractivity (Wildman–Crippen MR) is 107 cm³/mol. The summed E-state index contributed by atoms with van der Waals surface area (Å²) >= 11 is 0. The number of ether oxygens (including phenoxy) is 1. The summed E-state index contributed by atoms with van der Waals surface area (Å²) in [7, 11) is 1.40. The van der Waals surface area contributed by atoms with E-state index in [0.29, 0.717) is 17.0 Å². The number of likely N-dealkylation sites (N-methyl/N-ethyl adjacent to an activating group) is 1.